The molecule has 1 aliphatic heterocycles. The fraction of sp³-hybridized carbons (Fsp3) is 0.296. The number of carbonyl (C=O) groups excluding carboxylic acids is 1. The predicted molar refractivity (Wildman–Crippen MR) is 144 cm³/mol. The molecule has 0 aromatic heterocycles. The zero-order chi connectivity index (χ0) is 24.8. The first-order valence-corrected chi connectivity index (χ1v) is 14.5. The summed E-state index contributed by atoms with van der Waals surface area (Å²) in [5, 5.41) is 3.11. The quantitative estimate of drug-likeness (QED) is 0.344. The Morgan fingerprint density at radius 2 is 1.69 bits per heavy atom. The maximum Gasteiger partial charge on any atom is 0.257 e. The summed E-state index contributed by atoms with van der Waals surface area (Å²) in [4.78, 5) is 14.4. The number of halogens is 1. The highest BCUT2D eigenvalue weighted by Gasteiger charge is 2.26. The Balaban J connectivity index is 1.48. The van der Waals surface area contributed by atoms with Crippen LogP contribution in [0.4, 0.5) is 5.69 Å². The van der Waals surface area contributed by atoms with Crippen LogP contribution in [0.5, 0.6) is 0 Å². The van der Waals surface area contributed by atoms with Gasteiger partial charge in [-0.3, -0.25) is 4.79 Å². The van der Waals surface area contributed by atoms with Crippen LogP contribution in [0.3, 0.4) is 0 Å². The molecule has 0 unspecified atom stereocenters. The van der Waals surface area contributed by atoms with Crippen LogP contribution in [0.2, 0.25) is 5.02 Å². The summed E-state index contributed by atoms with van der Waals surface area (Å²) in [5.74, 6) is 0.388. The van der Waals surface area contributed by atoms with Crippen molar-refractivity contribution in [2.45, 2.75) is 48.2 Å². The largest absolute Gasteiger partial charge is 0.322 e. The SMILES string of the molecule is Cc1cc(CSc2ccccc2)ccc1NC(=O)c1cc(S(=O)(=O)N2CCCCCC2)ccc1Cl. The zero-order valence-corrected chi connectivity index (χ0v) is 22.1. The number of sulfonamides is 1. The van der Waals surface area contributed by atoms with Gasteiger partial charge in [0.15, 0.2) is 0 Å². The van der Waals surface area contributed by atoms with E-state index in [9.17, 15) is 13.2 Å². The van der Waals surface area contributed by atoms with Crippen LogP contribution in [-0.2, 0) is 15.8 Å². The highest BCUT2D eigenvalue weighted by molar-refractivity contribution is 7.98. The monoisotopic (exact) mass is 528 g/mol. The number of anilines is 1. The summed E-state index contributed by atoms with van der Waals surface area (Å²) in [6.45, 7) is 2.94. The second-order valence-corrected chi connectivity index (χ2v) is 12.1. The Morgan fingerprint density at radius 1 is 0.971 bits per heavy atom. The summed E-state index contributed by atoms with van der Waals surface area (Å²) >= 11 is 8.06. The van der Waals surface area contributed by atoms with Gasteiger partial charge >= 0.3 is 0 Å². The van der Waals surface area contributed by atoms with Gasteiger partial charge in [-0.1, -0.05) is 54.8 Å². The van der Waals surface area contributed by atoms with Crippen LogP contribution >= 0.6 is 23.4 Å². The van der Waals surface area contributed by atoms with Gasteiger partial charge in [-0.05, 0) is 67.3 Å². The van der Waals surface area contributed by atoms with Gasteiger partial charge in [0, 0.05) is 29.4 Å². The molecular weight excluding hydrogens is 500 g/mol. The van der Waals surface area contributed by atoms with E-state index in [0.717, 1.165) is 42.6 Å². The lowest BCUT2D eigenvalue weighted by Crippen LogP contribution is -2.32. The van der Waals surface area contributed by atoms with Crippen molar-refractivity contribution in [1.29, 1.82) is 0 Å². The first-order chi connectivity index (χ1) is 16.8. The van der Waals surface area contributed by atoms with E-state index < -0.39 is 15.9 Å². The normalized spacial score (nSPS) is 14.9. The fourth-order valence-corrected chi connectivity index (χ4v) is 6.71. The molecule has 4 rings (SSSR count). The Bertz CT molecular complexity index is 1290. The van der Waals surface area contributed by atoms with Gasteiger partial charge in [0.25, 0.3) is 5.91 Å². The molecule has 0 aliphatic carbocycles. The van der Waals surface area contributed by atoms with E-state index in [1.807, 2.05) is 43.3 Å². The third-order valence-corrected chi connectivity index (χ3v) is 9.38. The predicted octanol–water partition coefficient (Wildman–Crippen LogP) is 6.76. The molecule has 8 heteroatoms. The lowest BCUT2D eigenvalue weighted by atomic mass is 10.1. The molecule has 3 aromatic carbocycles. The van der Waals surface area contributed by atoms with Crippen LogP contribution in [0.15, 0.2) is 76.5 Å². The number of thioether (sulfide) groups is 1. The first kappa shape index (κ1) is 25.8. The van der Waals surface area contributed by atoms with Crippen LogP contribution in [-0.4, -0.2) is 31.7 Å². The van der Waals surface area contributed by atoms with E-state index in [4.69, 9.17) is 11.6 Å². The van der Waals surface area contributed by atoms with E-state index >= 15 is 0 Å². The Morgan fingerprint density at radius 3 is 2.37 bits per heavy atom. The molecule has 3 aromatic rings. The van der Waals surface area contributed by atoms with E-state index in [2.05, 4.69) is 17.4 Å². The molecule has 1 saturated heterocycles. The summed E-state index contributed by atoms with van der Waals surface area (Å²) in [5.41, 5.74) is 2.89. The average Bonchev–Trinajstić information content (AvgIpc) is 3.15. The van der Waals surface area contributed by atoms with Crippen LogP contribution in [0.25, 0.3) is 0 Å². The number of carbonyl (C=O) groups is 1. The summed E-state index contributed by atoms with van der Waals surface area (Å²) in [7, 11) is -3.68. The maximum atomic E-state index is 13.2. The lowest BCUT2D eigenvalue weighted by molar-refractivity contribution is 0.102. The molecule has 1 fully saturated rings. The smallest absolute Gasteiger partial charge is 0.257 e. The standard InChI is InChI=1S/C27H29ClN2O3S2/c1-20-17-21(19-34-22-9-5-4-6-10-22)11-14-26(20)29-27(31)24-18-23(12-13-25(24)28)35(32,33)30-15-7-2-3-8-16-30/h4-6,9-14,17-18H,2-3,7-8,15-16,19H2,1H3,(H,29,31). The lowest BCUT2D eigenvalue weighted by Gasteiger charge is -2.20. The minimum absolute atomic E-state index is 0.0963. The zero-order valence-electron chi connectivity index (χ0n) is 19.7. The van der Waals surface area contributed by atoms with Crippen molar-refractivity contribution < 1.29 is 13.2 Å². The molecule has 5 nitrogen and oxygen atoms in total. The number of nitrogens with one attached hydrogen (secondary N) is 1. The van der Waals surface area contributed by atoms with Gasteiger partial charge in [-0.15, -0.1) is 11.8 Å². The highest BCUT2D eigenvalue weighted by atomic mass is 35.5. The second-order valence-electron chi connectivity index (χ2n) is 8.67. The molecule has 0 bridgehead atoms. The number of amides is 1. The Kier molecular flexibility index (Phi) is 8.55. The molecule has 1 aliphatic rings. The molecule has 1 N–H and O–H groups in total. The maximum absolute atomic E-state index is 13.2. The van der Waals surface area contributed by atoms with Crippen molar-refractivity contribution in [3.63, 3.8) is 0 Å². The minimum Gasteiger partial charge on any atom is -0.322 e. The van der Waals surface area contributed by atoms with Crippen molar-refractivity contribution in [1.82, 2.24) is 4.31 Å². The second kappa shape index (κ2) is 11.6. The van der Waals surface area contributed by atoms with Gasteiger partial charge in [0.2, 0.25) is 10.0 Å². The van der Waals surface area contributed by atoms with E-state index in [0.29, 0.717) is 18.8 Å². The number of aryl methyl sites for hydroxylation is 1. The fourth-order valence-electron chi connectivity index (χ4n) is 4.10. The molecule has 184 valence electrons. The van der Waals surface area contributed by atoms with Crippen molar-refractivity contribution in [3.8, 4) is 0 Å². The Hall–Kier alpha value is -2.32. The van der Waals surface area contributed by atoms with Crippen molar-refractivity contribution >= 4 is 45.0 Å². The first-order valence-electron chi connectivity index (χ1n) is 11.7. The van der Waals surface area contributed by atoms with Crippen molar-refractivity contribution in [2.75, 3.05) is 18.4 Å². The summed E-state index contributed by atoms with van der Waals surface area (Å²) in [6.07, 6.45) is 3.76. The number of rotatable bonds is 7. The van der Waals surface area contributed by atoms with Gasteiger partial charge < -0.3 is 5.32 Å². The number of hydrogen-bond acceptors (Lipinski definition) is 4. The van der Waals surface area contributed by atoms with Gasteiger partial charge in [-0.25, -0.2) is 8.42 Å². The van der Waals surface area contributed by atoms with Gasteiger partial charge in [-0.2, -0.15) is 4.31 Å². The van der Waals surface area contributed by atoms with Crippen molar-refractivity contribution in [2.24, 2.45) is 0 Å². The number of hydrogen-bond donors (Lipinski definition) is 1. The average molecular weight is 529 g/mol. The van der Waals surface area contributed by atoms with E-state index in [1.165, 1.54) is 27.4 Å². The van der Waals surface area contributed by atoms with Crippen LogP contribution in [0.1, 0.15) is 47.2 Å². The minimum atomic E-state index is -3.68. The van der Waals surface area contributed by atoms with E-state index in [-0.39, 0.29) is 15.5 Å². The topological polar surface area (TPSA) is 66.5 Å². The molecule has 0 spiro atoms. The molecule has 1 heterocycles. The third kappa shape index (κ3) is 6.47. The molecule has 0 saturated carbocycles. The highest BCUT2D eigenvalue weighted by Crippen LogP contribution is 2.28. The summed E-state index contributed by atoms with van der Waals surface area (Å²) in [6, 6.07) is 20.5. The van der Waals surface area contributed by atoms with Gasteiger partial charge in [0.05, 0.1) is 15.5 Å². The number of nitrogens with zero attached hydrogens (tertiary/aromatic N) is 1. The van der Waals surface area contributed by atoms with Gasteiger partial charge in [0.1, 0.15) is 0 Å². The van der Waals surface area contributed by atoms with Crippen molar-refractivity contribution in [3.05, 3.63) is 88.4 Å². The molecule has 0 radical (unpaired) electrons. The number of benzene rings is 3. The summed E-state index contributed by atoms with van der Waals surface area (Å²) < 4.78 is 27.9. The Labute approximate surface area is 216 Å². The molecule has 35 heavy (non-hydrogen) atoms. The van der Waals surface area contributed by atoms with Crippen LogP contribution in [0, 0.1) is 6.92 Å². The molecule has 0 atom stereocenters. The third-order valence-electron chi connectivity index (χ3n) is 6.07. The molecular formula is C27H29ClN2O3S2. The molecule has 1 amide bonds. The van der Waals surface area contributed by atoms with Crippen LogP contribution < -0.4 is 5.32 Å². The van der Waals surface area contributed by atoms with E-state index in [1.54, 1.807) is 11.8 Å².